The molecular weight excluding hydrogens is 228 g/mol. The van der Waals surface area contributed by atoms with Crippen molar-refractivity contribution in [2.45, 2.75) is 19.4 Å². The molecule has 0 spiro atoms. The fourth-order valence-electron chi connectivity index (χ4n) is 2.14. The molecule has 3 rings (SSSR count). The third kappa shape index (κ3) is 1.42. The standard InChI is InChI=1S/C10H10N2O3S/c13-10-2-1-6-3-7-5-11-16(14,15)12-9(7)4-8(6)10/h3-4,11-12H,1-2,5H2. The highest BCUT2D eigenvalue weighted by Crippen LogP contribution is 2.30. The van der Waals surface area contributed by atoms with E-state index in [4.69, 9.17) is 0 Å². The Kier molecular flexibility index (Phi) is 1.87. The predicted octanol–water partition coefficient (Wildman–Crippen LogP) is 0.575. The Morgan fingerprint density at radius 3 is 2.75 bits per heavy atom. The number of carbonyl (C=O) groups excluding carboxylic acids is 1. The van der Waals surface area contributed by atoms with Crippen LogP contribution in [0.4, 0.5) is 5.69 Å². The van der Waals surface area contributed by atoms with E-state index in [0.29, 0.717) is 17.7 Å². The van der Waals surface area contributed by atoms with Crippen LogP contribution in [0.1, 0.15) is 27.9 Å². The van der Waals surface area contributed by atoms with Crippen LogP contribution in [0.25, 0.3) is 0 Å². The maximum atomic E-state index is 11.5. The summed E-state index contributed by atoms with van der Waals surface area (Å²) >= 11 is 0. The first-order chi connectivity index (χ1) is 7.55. The van der Waals surface area contributed by atoms with E-state index in [1.807, 2.05) is 6.07 Å². The largest absolute Gasteiger partial charge is 0.299 e. The Balaban J connectivity index is 2.15. The molecule has 16 heavy (non-hydrogen) atoms. The van der Waals surface area contributed by atoms with Gasteiger partial charge in [0.25, 0.3) is 10.2 Å². The minimum absolute atomic E-state index is 0.0931. The molecule has 1 aliphatic carbocycles. The van der Waals surface area contributed by atoms with Gasteiger partial charge in [-0.1, -0.05) is 6.07 Å². The second-order valence-electron chi connectivity index (χ2n) is 4.02. The van der Waals surface area contributed by atoms with Gasteiger partial charge in [0.15, 0.2) is 5.78 Å². The number of hydrogen-bond donors (Lipinski definition) is 2. The zero-order chi connectivity index (χ0) is 11.3. The second-order valence-corrected chi connectivity index (χ2v) is 5.52. The Hall–Kier alpha value is -1.40. The van der Waals surface area contributed by atoms with E-state index < -0.39 is 10.2 Å². The van der Waals surface area contributed by atoms with Crippen molar-refractivity contribution in [1.29, 1.82) is 0 Å². The highest BCUT2D eigenvalue weighted by molar-refractivity contribution is 7.90. The van der Waals surface area contributed by atoms with Crippen molar-refractivity contribution in [3.8, 4) is 0 Å². The summed E-state index contributed by atoms with van der Waals surface area (Å²) in [5.74, 6) is 0.0931. The maximum Gasteiger partial charge on any atom is 0.299 e. The summed E-state index contributed by atoms with van der Waals surface area (Å²) in [5, 5.41) is 0. The molecule has 5 nitrogen and oxygen atoms in total. The second kappa shape index (κ2) is 3.05. The Morgan fingerprint density at radius 1 is 1.12 bits per heavy atom. The molecule has 1 aromatic carbocycles. The Bertz CT molecular complexity index is 592. The first-order valence-electron chi connectivity index (χ1n) is 5.01. The zero-order valence-corrected chi connectivity index (χ0v) is 9.23. The van der Waals surface area contributed by atoms with E-state index in [-0.39, 0.29) is 12.3 Å². The number of fused-ring (bicyclic) bond motifs is 2. The van der Waals surface area contributed by atoms with Crippen molar-refractivity contribution in [2.75, 3.05) is 4.72 Å². The van der Waals surface area contributed by atoms with Gasteiger partial charge in [-0.2, -0.15) is 13.1 Å². The molecule has 0 aromatic heterocycles. The normalized spacial score (nSPS) is 21.1. The number of carbonyl (C=O) groups is 1. The minimum atomic E-state index is -3.44. The maximum absolute atomic E-state index is 11.5. The molecule has 0 fully saturated rings. The predicted molar refractivity (Wildman–Crippen MR) is 58.5 cm³/mol. The smallest absolute Gasteiger partial charge is 0.294 e. The molecule has 6 heteroatoms. The highest BCUT2D eigenvalue weighted by Gasteiger charge is 2.25. The number of aryl methyl sites for hydroxylation is 1. The molecule has 1 heterocycles. The molecule has 0 bridgehead atoms. The number of Topliss-reactive ketones (excluding diaryl/α,β-unsaturated/α-hetero) is 1. The lowest BCUT2D eigenvalue weighted by Crippen LogP contribution is -2.34. The van der Waals surface area contributed by atoms with Gasteiger partial charge in [0.05, 0.1) is 5.69 Å². The van der Waals surface area contributed by atoms with E-state index in [0.717, 1.165) is 17.5 Å². The van der Waals surface area contributed by atoms with Crippen LogP contribution in [0.2, 0.25) is 0 Å². The number of anilines is 1. The van der Waals surface area contributed by atoms with Crippen molar-refractivity contribution >= 4 is 21.7 Å². The van der Waals surface area contributed by atoms with Crippen molar-refractivity contribution in [1.82, 2.24) is 4.72 Å². The van der Waals surface area contributed by atoms with Crippen LogP contribution in [-0.2, 0) is 23.2 Å². The Morgan fingerprint density at radius 2 is 1.94 bits per heavy atom. The molecule has 84 valence electrons. The number of benzene rings is 1. The minimum Gasteiger partial charge on any atom is -0.294 e. The third-order valence-electron chi connectivity index (χ3n) is 2.95. The van der Waals surface area contributed by atoms with Crippen molar-refractivity contribution in [3.05, 3.63) is 28.8 Å². The molecule has 0 unspecified atom stereocenters. The summed E-state index contributed by atoms with van der Waals surface area (Å²) in [5.41, 5.74) is 3.09. The number of hydrogen-bond acceptors (Lipinski definition) is 3. The molecule has 0 saturated heterocycles. The monoisotopic (exact) mass is 238 g/mol. The Labute approximate surface area is 93.0 Å². The van der Waals surface area contributed by atoms with Gasteiger partial charge >= 0.3 is 0 Å². The van der Waals surface area contributed by atoms with Gasteiger partial charge in [0.1, 0.15) is 0 Å². The van der Waals surface area contributed by atoms with Gasteiger partial charge < -0.3 is 0 Å². The van der Waals surface area contributed by atoms with Crippen LogP contribution in [0.5, 0.6) is 0 Å². The van der Waals surface area contributed by atoms with Crippen LogP contribution in [0.15, 0.2) is 12.1 Å². The SMILES string of the molecule is O=C1CCc2cc3c(cc21)NS(=O)(=O)NC3. The summed E-state index contributed by atoms with van der Waals surface area (Å²) in [6.45, 7) is 0.284. The van der Waals surface area contributed by atoms with E-state index in [1.165, 1.54) is 0 Å². The topological polar surface area (TPSA) is 75.3 Å². The average Bonchev–Trinajstić information content (AvgIpc) is 2.56. The van der Waals surface area contributed by atoms with Gasteiger partial charge in [-0.15, -0.1) is 0 Å². The summed E-state index contributed by atoms with van der Waals surface area (Å²) in [4.78, 5) is 11.5. The van der Waals surface area contributed by atoms with Crippen molar-refractivity contribution < 1.29 is 13.2 Å². The van der Waals surface area contributed by atoms with Crippen LogP contribution in [0, 0.1) is 0 Å². The summed E-state index contributed by atoms with van der Waals surface area (Å²) in [7, 11) is -3.44. The lowest BCUT2D eigenvalue weighted by atomic mass is 10.0. The molecule has 1 aliphatic heterocycles. The van der Waals surface area contributed by atoms with Gasteiger partial charge in [-0.25, -0.2) is 0 Å². The van der Waals surface area contributed by atoms with Crippen LogP contribution >= 0.6 is 0 Å². The molecule has 0 radical (unpaired) electrons. The van der Waals surface area contributed by atoms with Gasteiger partial charge in [0, 0.05) is 18.5 Å². The van der Waals surface area contributed by atoms with E-state index in [2.05, 4.69) is 9.44 Å². The van der Waals surface area contributed by atoms with Crippen molar-refractivity contribution in [2.24, 2.45) is 0 Å². The summed E-state index contributed by atoms with van der Waals surface area (Å²) in [6.07, 6.45) is 1.28. The first-order valence-corrected chi connectivity index (χ1v) is 6.50. The van der Waals surface area contributed by atoms with Gasteiger partial charge in [-0.3, -0.25) is 9.52 Å². The molecule has 1 aromatic rings. The van der Waals surface area contributed by atoms with E-state index in [9.17, 15) is 13.2 Å². The lowest BCUT2D eigenvalue weighted by Gasteiger charge is -2.20. The molecule has 2 N–H and O–H groups in total. The number of nitrogens with one attached hydrogen (secondary N) is 2. The molecule has 0 atom stereocenters. The van der Waals surface area contributed by atoms with Gasteiger partial charge in [0.2, 0.25) is 0 Å². The zero-order valence-electron chi connectivity index (χ0n) is 8.41. The molecule has 0 saturated carbocycles. The van der Waals surface area contributed by atoms with Crippen LogP contribution in [0.3, 0.4) is 0 Å². The van der Waals surface area contributed by atoms with E-state index in [1.54, 1.807) is 6.07 Å². The van der Waals surface area contributed by atoms with Crippen LogP contribution in [-0.4, -0.2) is 14.2 Å². The molecular formula is C10H10N2O3S. The average molecular weight is 238 g/mol. The van der Waals surface area contributed by atoms with E-state index >= 15 is 0 Å². The van der Waals surface area contributed by atoms with Crippen molar-refractivity contribution in [3.63, 3.8) is 0 Å². The van der Waals surface area contributed by atoms with Gasteiger partial charge in [-0.05, 0) is 23.6 Å². The summed E-state index contributed by atoms with van der Waals surface area (Å²) in [6, 6.07) is 3.56. The quantitative estimate of drug-likeness (QED) is 0.694. The fourth-order valence-corrected chi connectivity index (χ4v) is 3.04. The highest BCUT2D eigenvalue weighted by atomic mass is 32.2. The third-order valence-corrected chi connectivity index (χ3v) is 3.96. The number of rotatable bonds is 0. The number of ketones is 1. The van der Waals surface area contributed by atoms with Crippen LogP contribution < -0.4 is 9.44 Å². The molecule has 2 aliphatic rings. The lowest BCUT2D eigenvalue weighted by molar-refractivity contribution is 0.0994. The summed E-state index contributed by atoms with van der Waals surface area (Å²) < 4.78 is 27.4. The fraction of sp³-hybridized carbons (Fsp3) is 0.300. The first kappa shape index (κ1) is 9.80. The molecule has 0 amide bonds.